The minimum atomic E-state index is 0.232. The second-order valence-electron chi connectivity index (χ2n) is 3.76. The van der Waals surface area contributed by atoms with Crippen LogP contribution >= 0.6 is 15.9 Å². The third-order valence-electron chi connectivity index (χ3n) is 2.61. The number of pyridine rings is 1. The van der Waals surface area contributed by atoms with E-state index >= 15 is 0 Å². The molecule has 0 bridgehead atoms. The van der Waals surface area contributed by atoms with Gasteiger partial charge in [0.1, 0.15) is 0 Å². The lowest BCUT2D eigenvalue weighted by Gasteiger charge is -2.17. The normalized spacial score (nSPS) is 15.1. The monoisotopic (exact) mass is 256 g/mol. The minimum Gasteiger partial charge on any atom is -0.327 e. The fourth-order valence-corrected chi connectivity index (χ4v) is 1.76. The van der Waals surface area contributed by atoms with Gasteiger partial charge in [-0.2, -0.15) is 0 Å². The molecule has 0 aliphatic carbocycles. The van der Waals surface area contributed by atoms with Gasteiger partial charge in [0, 0.05) is 22.9 Å². The van der Waals surface area contributed by atoms with Crippen molar-refractivity contribution in [1.82, 2.24) is 4.98 Å². The van der Waals surface area contributed by atoms with Crippen molar-refractivity contribution in [3.8, 4) is 0 Å². The molecule has 2 N–H and O–H groups in total. The molecule has 1 aromatic heterocycles. The maximum Gasteiger partial charge on any atom is 0.0410 e. The van der Waals surface area contributed by atoms with Crippen molar-refractivity contribution in [2.75, 3.05) is 0 Å². The van der Waals surface area contributed by atoms with Gasteiger partial charge in [0.05, 0.1) is 0 Å². The van der Waals surface area contributed by atoms with Gasteiger partial charge < -0.3 is 5.73 Å². The highest BCUT2D eigenvalue weighted by molar-refractivity contribution is 9.10. The quantitative estimate of drug-likeness (QED) is 0.900. The third kappa shape index (κ3) is 3.39. The topological polar surface area (TPSA) is 38.9 Å². The molecule has 78 valence electrons. The summed E-state index contributed by atoms with van der Waals surface area (Å²) in [4.78, 5) is 4.12. The van der Waals surface area contributed by atoms with E-state index in [1.807, 2.05) is 6.20 Å². The second kappa shape index (κ2) is 5.47. The van der Waals surface area contributed by atoms with Gasteiger partial charge in [0.15, 0.2) is 0 Å². The van der Waals surface area contributed by atoms with Crippen LogP contribution in [0.4, 0.5) is 0 Å². The molecule has 0 aromatic carbocycles. The summed E-state index contributed by atoms with van der Waals surface area (Å²) in [6, 6.07) is 2.31. The van der Waals surface area contributed by atoms with Crippen LogP contribution in [0, 0.1) is 5.92 Å². The average Bonchev–Trinajstić information content (AvgIpc) is 2.16. The first kappa shape index (κ1) is 11.7. The minimum absolute atomic E-state index is 0.232. The van der Waals surface area contributed by atoms with E-state index in [4.69, 9.17) is 5.73 Å². The van der Waals surface area contributed by atoms with Gasteiger partial charge in [-0.1, -0.05) is 20.3 Å². The number of hydrogen-bond donors (Lipinski definition) is 1. The summed E-state index contributed by atoms with van der Waals surface area (Å²) in [6.07, 6.45) is 5.70. The molecule has 2 atom stereocenters. The summed E-state index contributed by atoms with van der Waals surface area (Å²) in [7, 11) is 0. The van der Waals surface area contributed by atoms with E-state index in [-0.39, 0.29) is 6.04 Å². The van der Waals surface area contributed by atoms with Crippen LogP contribution in [0.25, 0.3) is 0 Å². The summed E-state index contributed by atoms with van der Waals surface area (Å²) >= 11 is 3.40. The van der Waals surface area contributed by atoms with E-state index in [2.05, 4.69) is 40.8 Å². The molecule has 1 heterocycles. The molecule has 0 aliphatic rings. The van der Waals surface area contributed by atoms with Gasteiger partial charge >= 0.3 is 0 Å². The average molecular weight is 257 g/mol. The van der Waals surface area contributed by atoms with Gasteiger partial charge in [0.25, 0.3) is 0 Å². The van der Waals surface area contributed by atoms with E-state index in [1.54, 1.807) is 6.20 Å². The predicted octanol–water partition coefficient (Wildman–Crippen LogP) is 2.76. The van der Waals surface area contributed by atoms with Crippen LogP contribution in [0.3, 0.4) is 0 Å². The summed E-state index contributed by atoms with van der Waals surface area (Å²) in [5, 5.41) is 0. The Morgan fingerprint density at radius 3 is 2.79 bits per heavy atom. The molecular weight excluding hydrogens is 240 g/mol. The lowest BCUT2D eigenvalue weighted by atomic mass is 9.95. The van der Waals surface area contributed by atoms with Crippen molar-refractivity contribution in [3.63, 3.8) is 0 Å². The zero-order chi connectivity index (χ0) is 10.6. The summed E-state index contributed by atoms with van der Waals surface area (Å²) in [5.41, 5.74) is 7.27. The summed E-state index contributed by atoms with van der Waals surface area (Å²) in [5.74, 6) is 0.564. The molecule has 0 amide bonds. The Morgan fingerprint density at radius 2 is 2.21 bits per heavy atom. The Labute approximate surface area is 94.0 Å². The van der Waals surface area contributed by atoms with Crippen molar-refractivity contribution >= 4 is 15.9 Å². The molecule has 1 rings (SSSR count). The van der Waals surface area contributed by atoms with Crippen LogP contribution in [0.1, 0.15) is 25.8 Å². The Kier molecular flexibility index (Phi) is 4.55. The molecular formula is C11H17BrN2. The predicted molar refractivity (Wildman–Crippen MR) is 63.1 cm³/mol. The standard InChI is InChI=1S/C11H17BrN2/c1-3-8(2)11(13)5-9-4-10(12)7-14-6-9/h4,6-8,11H,3,5,13H2,1-2H3. The van der Waals surface area contributed by atoms with Crippen LogP contribution in [0.5, 0.6) is 0 Å². The molecule has 0 saturated carbocycles. The highest BCUT2D eigenvalue weighted by Crippen LogP contribution is 2.14. The van der Waals surface area contributed by atoms with Gasteiger partial charge in [-0.25, -0.2) is 0 Å². The third-order valence-corrected chi connectivity index (χ3v) is 3.04. The Morgan fingerprint density at radius 1 is 1.50 bits per heavy atom. The fourth-order valence-electron chi connectivity index (χ4n) is 1.34. The smallest absolute Gasteiger partial charge is 0.0410 e. The number of halogens is 1. The highest BCUT2D eigenvalue weighted by atomic mass is 79.9. The van der Waals surface area contributed by atoms with Crippen molar-refractivity contribution in [1.29, 1.82) is 0 Å². The zero-order valence-corrected chi connectivity index (χ0v) is 10.3. The van der Waals surface area contributed by atoms with Crippen molar-refractivity contribution in [2.24, 2.45) is 11.7 Å². The Bertz CT molecular complexity index is 288. The van der Waals surface area contributed by atoms with Gasteiger partial charge in [0.2, 0.25) is 0 Å². The maximum absolute atomic E-state index is 6.07. The number of nitrogens with two attached hydrogens (primary N) is 1. The van der Waals surface area contributed by atoms with E-state index < -0.39 is 0 Å². The SMILES string of the molecule is CCC(C)C(N)Cc1cncc(Br)c1. The first-order chi connectivity index (χ1) is 6.63. The molecule has 1 aromatic rings. The molecule has 0 spiro atoms. The fraction of sp³-hybridized carbons (Fsp3) is 0.545. The molecule has 2 unspecified atom stereocenters. The lowest BCUT2D eigenvalue weighted by Crippen LogP contribution is -2.30. The number of rotatable bonds is 4. The van der Waals surface area contributed by atoms with Gasteiger partial charge in [-0.15, -0.1) is 0 Å². The van der Waals surface area contributed by atoms with Crippen molar-refractivity contribution in [3.05, 3.63) is 28.5 Å². The number of nitrogens with zero attached hydrogens (tertiary/aromatic N) is 1. The van der Waals surface area contributed by atoms with Gasteiger partial charge in [-0.3, -0.25) is 4.98 Å². The van der Waals surface area contributed by atoms with Gasteiger partial charge in [-0.05, 0) is 39.9 Å². The van der Waals surface area contributed by atoms with E-state index in [0.717, 1.165) is 17.3 Å². The molecule has 0 radical (unpaired) electrons. The summed E-state index contributed by atoms with van der Waals surface area (Å²) < 4.78 is 1.02. The molecule has 0 aliphatic heterocycles. The first-order valence-corrected chi connectivity index (χ1v) is 5.77. The largest absolute Gasteiger partial charge is 0.327 e. The number of hydrogen-bond acceptors (Lipinski definition) is 2. The van der Waals surface area contributed by atoms with Crippen LogP contribution in [0.15, 0.2) is 22.9 Å². The lowest BCUT2D eigenvalue weighted by molar-refractivity contribution is 0.440. The Hall–Kier alpha value is -0.410. The van der Waals surface area contributed by atoms with Crippen LogP contribution in [-0.4, -0.2) is 11.0 Å². The van der Waals surface area contributed by atoms with Crippen molar-refractivity contribution in [2.45, 2.75) is 32.7 Å². The molecule has 2 nitrogen and oxygen atoms in total. The zero-order valence-electron chi connectivity index (χ0n) is 8.70. The second-order valence-corrected chi connectivity index (χ2v) is 4.68. The maximum atomic E-state index is 6.07. The molecule has 0 fully saturated rings. The van der Waals surface area contributed by atoms with E-state index in [1.165, 1.54) is 5.56 Å². The van der Waals surface area contributed by atoms with Crippen molar-refractivity contribution < 1.29 is 0 Å². The van der Waals surface area contributed by atoms with Crippen LogP contribution in [0.2, 0.25) is 0 Å². The number of aromatic nitrogens is 1. The molecule has 3 heteroatoms. The van der Waals surface area contributed by atoms with E-state index in [9.17, 15) is 0 Å². The Balaban J connectivity index is 2.60. The summed E-state index contributed by atoms with van der Waals surface area (Å²) in [6.45, 7) is 4.36. The van der Waals surface area contributed by atoms with Crippen LogP contribution < -0.4 is 5.73 Å². The molecule has 14 heavy (non-hydrogen) atoms. The first-order valence-electron chi connectivity index (χ1n) is 4.98. The highest BCUT2D eigenvalue weighted by Gasteiger charge is 2.11. The van der Waals surface area contributed by atoms with E-state index in [0.29, 0.717) is 5.92 Å². The molecule has 0 saturated heterocycles. The van der Waals surface area contributed by atoms with Crippen LogP contribution in [-0.2, 0) is 6.42 Å².